The van der Waals surface area contributed by atoms with Gasteiger partial charge in [-0.3, -0.25) is 14.5 Å². The summed E-state index contributed by atoms with van der Waals surface area (Å²) in [5.74, 6) is 2.27. The fourth-order valence-electron chi connectivity index (χ4n) is 5.13. The molecule has 1 aromatic carbocycles. The number of carbonyl (C=O) groups is 2. The minimum absolute atomic E-state index is 0.00269. The van der Waals surface area contributed by atoms with E-state index in [0.29, 0.717) is 17.6 Å². The summed E-state index contributed by atoms with van der Waals surface area (Å²) in [4.78, 5) is 27.2. The lowest BCUT2D eigenvalue weighted by Gasteiger charge is -2.37. The zero-order valence-electron chi connectivity index (χ0n) is 13.5. The SMILES string of the molecule is COc1ccccc1NCN1C(=O)[C@@H]2[C@@H]3C=C[C@H]([C@@H]4C[C@@H]34)[C@H]2C1=O. The van der Waals surface area contributed by atoms with Crippen LogP contribution >= 0.6 is 0 Å². The number of hydrogen-bond donors (Lipinski definition) is 1. The summed E-state index contributed by atoms with van der Waals surface area (Å²) >= 11 is 0. The highest BCUT2D eigenvalue weighted by molar-refractivity contribution is 6.06. The molecule has 1 aromatic rings. The smallest absolute Gasteiger partial charge is 0.235 e. The van der Waals surface area contributed by atoms with Crippen LogP contribution in [-0.2, 0) is 9.59 Å². The molecule has 2 bridgehead atoms. The molecule has 1 aliphatic heterocycles. The van der Waals surface area contributed by atoms with Crippen LogP contribution in [0, 0.1) is 35.5 Å². The number of anilines is 1. The molecular weight excluding hydrogens is 304 g/mol. The number of benzene rings is 1. The van der Waals surface area contributed by atoms with E-state index in [-0.39, 0.29) is 42.2 Å². The Kier molecular flexibility index (Phi) is 2.84. The van der Waals surface area contributed by atoms with E-state index in [1.807, 2.05) is 24.3 Å². The molecule has 5 nitrogen and oxygen atoms in total. The molecular formula is C19H20N2O3. The minimum Gasteiger partial charge on any atom is -0.495 e. The Morgan fingerprint density at radius 2 is 1.71 bits per heavy atom. The van der Waals surface area contributed by atoms with Crippen molar-refractivity contribution in [2.75, 3.05) is 19.1 Å². The number of imide groups is 1. The average Bonchev–Trinajstić information content (AvgIpc) is 3.39. The van der Waals surface area contributed by atoms with Gasteiger partial charge in [0.1, 0.15) is 5.75 Å². The van der Waals surface area contributed by atoms with Crippen LogP contribution in [0.5, 0.6) is 5.75 Å². The molecule has 5 heteroatoms. The molecule has 0 aromatic heterocycles. The topological polar surface area (TPSA) is 58.6 Å². The van der Waals surface area contributed by atoms with Gasteiger partial charge in [-0.1, -0.05) is 24.3 Å². The van der Waals surface area contributed by atoms with Gasteiger partial charge in [-0.15, -0.1) is 0 Å². The van der Waals surface area contributed by atoms with Crippen LogP contribution in [0.3, 0.4) is 0 Å². The molecule has 5 aliphatic rings. The zero-order valence-corrected chi connectivity index (χ0v) is 13.5. The second kappa shape index (κ2) is 4.85. The Balaban J connectivity index is 1.37. The standard InChI is InChI=1S/C19H20N2O3/c1-24-15-5-3-2-4-14(15)20-9-21-18(22)16-10-6-7-11(13-8-12(10)13)17(16)19(21)23/h2-7,10-13,16-17,20H,8-9H2,1H3/t10-,11-,12+,13+,16-,17-/m1/s1. The first-order valence-electron chi connectivity index (χ1n) is 8.61. The highest BCUT2D eigenvalue weighted by Gasteiger charge is 2.66. The van der Waals surface area contributed by atoms with Crippen molar-refractivity contribution < 1.29 is 14.3 Å². The highest BCUT2D eigenvalue weighted by atomic mass is 16.5. The first-order chi connectivity index (χ1) is 11.7. The van der Waals surface area contributed by atoms with Crippen molar-refractivity contribution in [3.05, 3.63) is 36.4 Å². The van der Waals surface area contributed by atoms with Gasteiger partial charge in [0.15, 0.2) is 0 Å². The number of likely N-dealkylation sites (tertiary alicyclic amines) is 1. The lowest BCUT2D eigenvalue weighted by atomic mass is 9.63. The van der Waals surface area contributed by atoms with Crippen LogP contribution in [0.2, 0.25) is 0 Å². The summed E-state index contributed by atoms with van der Waals surface area (Å²) in [5, 5.41) is 3.19. The number of ether oxygens (including phenoxy) is 1. The fraction of sp³-hybridized carbons (Fsp3) is 0.474. The number of nitrogens with zero attached hydrogens (tertiary/aromatic N) is 1. The largest absolute Gasteiger partial charge is 0.495 e. The van der Waals surface area contributed by atoms with Crippen LogP contribution in [0.1, 0.15) is 6.42 Å². The molecule has 0 radical (unpaired) electrons. The molecule has 6 rings (SSSR count). The van der Waals surface area contributed by atoms with Crippen molar-refractivity contribution in [3.8, 4) is 5.75 Å². The molecule has 24 heavy (non-hydrogen) atoms. The fourth-order valence-corrected chi connectivity index (χ4v) is 5.13. The van der Waals surface area contributed by atoms with Crippen LogP contribution in [0.25, 0.3) is 0 Å². The molecule has 1 N–H and O–H groups in total. The van der Waals surface area contributed by atoms with Crippen molar-refractivity contribution in [1.82, 2.24) is 4.90 Å². The molecule has 1 saturated heterocycles. The van der Waals surface area contributed by atoms with Crippen molar-refractivity contribution in [2.24, 2.45) is 35.5 Å². The predicted molar refractivity (Wildman–Crippen MR) is 88.0 cm³/mol. The van der Waals surface area contributed by atoms with E-state index in [0.717, 1.165) is 5.69 Å². The van der Waals surface area contributed by atoms with Crippen molar-refractivity contribution in [1.29, 1.82) is 0 Å². The Labute approximate surface area is 140 Å². The molecule has 0 spiro atoms. The first-order valence-corrected chi connectivity index (χ1v) is 8.61. The quantitative estimate of drug-likeness (QED) is 0.681. The summed E-state index contributed by atoms with van der Waals surface area (Å²) in [6, 6.07) is 7.53. The molecule has 3 fully saturated rings. The van der Waals surface area contributed by atoms with Crippen molar-refractivity contribution in [3.63, 3.8) is 0 Å². The number of amides is 2. The summed E-state index contributed by atoms with van der Waals surface area (Å²) in [5.41, 5.74) is 0.791. The second-order valence-corrected chi connectivity index (χ2v) is 7.29. The van der Waals surface area contributed by atoms with E-state index >= 15 is 0 Å². The number of para-hydroxylation sites is 2. The lowest BCUT2D eigenvalue weighted by molar-refractivity contribution is -0.139. The number of allylic oxidation sites excluding steroid dienone is 2. The van der Waals surface area contributed by atoms with Gasteiger partial charge in [0.05, 0.1) is 31.3 Å². The molecule has 2 amide bonds. The van der Waals surface area contributed by atoms with Crippen molar-refractivity contribution >= 4 is 17.5 Å². The number of nitrogens with one attached hydrogen (secondary N) is 1. The van der Waals surface area contributed by atoms with E-state index in [2.05, 4.69) is 17.5 Å². The van der Waals surface area contributed by atoms with E-state index in [1.165, 1.54) is 11.3 Å². The highest BCUT2D eigenvalue weighted by Crippen LogP contribution is 2.65. The van der Waals surface area contributed by atoms with Crippen LogP contribution < -0.4 is 10.1 Å². The van der Waals surface area contributed by atoms with Gasteiger partial charge in [0.25, 0.3) is 0 Å². The van der Waals surface area contributed by atoms with Gasteiger partial charge in [-0.05, 0) is 42.2 Å². The Morgan fingerprint density at radius 1 is 1.08 bits per heavy atom. The molecule has 4 aliphatic carbocycles. The third-order valence-corrected chi connectivity index (χ3v) is 6.29. The van der Waals surface area contributed by atoms with E-state index < -0.39 is 0 Å². The van der Waals surface area contributed by atoms with E-state index in [9.17, 15) is 9.59 Å². The molecule has 1 heterocycles. The van der Waals surface area contributed by atoms with Gasteiger partial charge < -0.3 is 10.1 Å². The van der Waals surface area contributed by atoms with Crippen LogP contribution in [0.15, 0.2) is 36.4 Å². The second-order valence-electron chi connectivity index (χ2n) is 7.29. The molecule has 124 valence electrons. The van der Waals surface area contributed by atoms with Gasteiger partial charge in [0, 0.05) is 0 Å². The van der Waals surface area contributed by atoms with E-state index in [1.54, 1.807) is 7.11 Å². The Hall–Kier alpha value is -2.30. The maximum atomic E-state index is 12.9. The van der Waals surface area contributed by atoms with Crippen LogP contribution in [0.4, 0.5) is 5.69 Å². The lowest BCUT2D eigenvalue weighted by Crippen LogP contribution is -2.40. The third-order valence-electron chi connectivity index (χ3n) is 6.29. The van der Waals surface area contributed by atoms with Crippen LogP contribution in [-0.4, -0.2) is 30.5 Å². The average molecular weight is 324 g/mol. The number of carbonyl (C=O) groups excluding carboxylic acids is 2. The normalized spacial score (nSPS) is 38.1. The monoisotopic (exact) mass is 324 g/mol. The van der Waals surface area contributed by atoms with Gasteiger partial charge in [0.2, 0.25) is 11.8 Å². The Bertz CT molecular complexity index is 723. The molecule has 6 atom stereocenters. The van der Waals surface area contributed by atoms with Crippen molar-refractivity contribution in [2.45, 2.75) is 6.42 Å². The minimum atomic E-state index is -0.129. The number of methoxy groups -OCH3 is 1. The summed E-state index contributed by atoms with van der Waals surface area (Å²) in [6.45, 7) is 0.208. The zero-order chi connectivity index (χ0) is 16.4. The van der Waals surface area contributed by atoms with E-state index in [4.69, 9.17) is 4.74 Å². The van der Waals surface area contributed by atoms with Gasteiger partial charge >= 0.3 is 0 Å². The summed E-state index contributed by atoms with van der Waals surface area (Å²) in [7, 11) is 1.61. The summed E-state index contributed by atoms with van der Waals surface area (Å²) < 4.78 is 5.31. The first kappa shape index (κ1) is 14.1. The number of rotatable bonds is 4. The molecule has 0 unspecified atom stereocenters. The predicted octanol–water partition coefficient (Wildman–Crippen LogP) is 2.12. The maximum Gasteiger partial charge on any atom is 0.235 e. The maximum absolute atomic E-state index is 12.9. The van der Waals surface area contributed by atoms with Gasteiger partial charge in [-0.2, -0.15) is 0 Å². The molecule has 2 saturated carbocycles. The summed E-state index contributed by atoms with van der Waals surface area (Å²) in [6.07, 6.45) is 5.58. The third kappa shape index (κ3) is 1.75. The number of hydrogen-bond acceptors (Lipinski definition) is 4. The van der Waals surface area contributed by atoms with Gasteiger partial charge in [-0.25, -0.2) is 0 Å². The Morgan fingerprint density at radius 3 is 2.33 bits per heavy atom.